The number of rotatable bonds is 4. The van der Waals surface area contributed by atoms with Gasteiger partial charge in [0.15, 0.2) is 0 Å². The van der Waals surface area contributed by atoms with Gasteiger partial charge in [0.05, 0.1) is 5.92 Å². The first-order valence-corrected chi connectivity index (χ1v) is 9.49. The van der Waals surface area contributed by atoms with Crippen LogP contribution in [0.2, 0.25) is 0 Å². The number of aromatic nitrogens is 3. The number of piperazine rings is 1. The molecule has 0 radical (unpaired) electrons. The summed E-state index contributed by atoms with van der Waals surface area (Å²) in [7, 11) is 0. The minimum absolute atomic E-state index is 0.0350. The van der Waals surface area contributed by atoms with Crippen molar-refractivity contribution in [2.45, 2.75) is 12.8 Å². The van der Waals surface area contributed by atoms with Crippen LogP contribution in [0.4, 0.5) is 17.5 Å². The summed E-state index contributed by atoms with van der Waals surface area (Å²) in [6.45, 7) is 3.18. The number of pyridine rings is 1. The summed E-state index contributed by atoms with van der Waals surface area (Å²) >= 11 is 0. The molecule has 2 fully saturated rings. The Labute approximate surface area is 163 Å². The zero-order valence-electron chi connectivity index (χ0n) is 15.5. The fourth-order valence-corrected chi connectivity index (χ4v) is 3.51. The normalized spacial score (nSPS) is 19.9. The van der Waals surface area contributed by atoms with E-state index < -0.39 is 0 Å². The Morgan fingerprint density at radius 2 is 1.96 bits per heavy atom. The van der Waals surface area contributed by atoms with E-state index in [1.54, 1.807) is 6.20 Å². The standard InChI is InChI=1S/C19H23N7O2/c27-18-5-4-14(12-21-18)19(28)26-9-7-25(8-10-26)17-11-16(22-13-23-17)24-15-3-1-2-6-20-15/h1-3,6,11,13-14H,4-5,7-10,12H2,(H,21,27)(H,20,22,23,24). The molecule has 146 valence electrons. The lowest BCUT2D eigenvalue weighted by molar-refractivity contribution is -0.137. The van der Waals surface area contributed by atoms with Crippen LogP contribution in [0, 0.1) is 5.92 Å². The van der Waals surface area contributed by atoms with E-state index in [-0.39, 0.29) is 17.7 Å². The van der Waals surface area contributed by atoms with E-state index in [0.29, 0.717) is 51.4 Å². The van der Waals surface area contributed by atoms with Gasteiger partial charge in [0.25, 0.3) is 0 Å². The van der Waals surface area contributed by atoms with Crippen molar-refractivity contribution < 1.29 is 9.59 Å². The average molecular weight is 381 g/mol. The van der Waals surface area contributed by atoms with E-state index in [0.717, 1.165) is 11.6 Å². The monoisotopic (exact) mass is 381 g/mol. The second-order valence-electron chi connectivity index (χ2n) is 6.95. The zero-order chi connectivity index (χ0) is 19.3. The highest BCUT2D eigenvalue weighted by Crippen LogP contribution is 2.20. The van der Waals surface area contributed by atoms with Crippen molar-refractivity contribution in [2.24, 2.45) is 5.92 Å². The lowest BCUT2D eigenvalue weighted by Crippen LogP contribution is -2.52. The maximum atomic E-state index is 12.7. The van der Waals surface area contributed by atoms with E-state index in [9.17, 15) is 9.59 Å². The largest absolute Gasteiger partial charge is 0.355 e. The van der Waals surface area contributed by atoms with Crippen LogP contribution in [-0.4, -0.2) is 64.4 Å². The molecule has 0 saturated carbocycles. The average Bonchev–Trinajstić information content (AvgIpc) is 2.75. The van der Waals surface area contributed by atoms with E-state index in [1.807, 2.05) is 29.2 Å². The highest BCUT2D eigenvalue weighted by molar-refractivity contribution is 5.84. The summed E-state index contributed by atoms with van der Waals surface area (Å²) in [5, 5.41) is 5.96. The molecule has 2 aromatic rings. The van der Waals surface area contributed by atoms with Gasteiger partial charge in [-0.3, -0.25) is 9.59 Å². The van der Waals surface area contributed by atoms with Crippen LogP contribution in [0.25, 0.3) is 0 Å². The second-order valence-corrected chi connectivity index (χ2v) is 6.95. The summed E-state index contributed by atoms with van der Waals surface area (Å²) < 4.78 is 0. The Morgan fingerprint density at radius 3 is 2.68 bits per heavy atom. The van der Waals surface area contributed by atoms with Gasteiger partial charge in [-0.1, -0.05) is 6.07 Å². The van der Waals surface area contributed by atoms with Crippen molar-refractivity contribution >= 4 is 29.3 Å². The first-order valence-electron chi connectivity index (χ1n) is 9.49. The van der Waals surface area contributed by atoms with Crippen molar-refractivity contribution in [3.8, 4) is 0 Å². The maximum absolute atomic E-state index is 12.7. The third-order valence-corrected chi connectivity index (χ3v) is 5.10. The molecule has 2 aliphatic rings. The smallest absolute Gasteiger partial charge is 0.227 e. The Kier molecular flexibility index (Phi) is 5.31. The number of carbonyl (C=O) groups excluding carboxylic acids is 2. The second kappa shape index (κ2) is 8.20. The van der Waals surface area contributed by atoms with E-state index in [1.165, 1.54) is 6.33 Å². The highest BCUT2D eigenvalue weighted by Gasteiger charge is 2.30. The molecule has 2 aromatic heterocycles. The quantitative estimate of drug-likeness (QED) is 0.807. The van der Waals surface area contributed by atoms with Crippen molar-refractivity contribution in [3.05, 3.63) is 36.8 Å². The Balaban J connectivity index is 1.34. The van der Waals surface area contributed by atoms with E-state index in [4.69, 9.17) is 0 Å². The molecular weight excluding hydrogens is 358 g/mol. The predicted molar refractivity (Wildman–Crippen MR) is 104 cm³/mol. The van der Waals surface area contributed by atoms with Crippen LogP contribution in [0.3, 0.4) is 0 Å². The Bertz CT molecular complexity index is 827. The van der Waals surface area contributed by atoms with Gasteiger partial charge in [-0.25, -0.2) is 15.0 Å². The van der Waals surface area contributed by atoms with E-state index in [2.05, 4.69) is 30.5 Å². The van der Waals surface area contributed by atoms with Gasteiger partial charge in [0.1, 0.15) is 23.8 Å². The summed E-state index contributed by atoms with van der Waals surface area (Å²) in [5.74, 6) is 2.30. The molecule has 4 heterocycles. The zero-order valence-corrected chi connectivity index (χ0v) is 15.5. The first-order chi connectivity index (χ1) is 13.7. The van der Waals surface area contributed by atoms with Crippen LogP contribution in [0.5, 0.6) is 0 Å². The van der Waals surface area contributed by atoms with Crippen molar-refractivity contribution in [2.75, 3.05) is 42.9 Å². The van der Waals surface area contributed by atoms with Crippen LogP contribution in [0.15, 0.2) is 36.8 Å². The number of piperidine rings is 1. The minimum Gasteiger partial charge on any atom is -0.355 e. The summed E-state index contributed by atoms with van der Waals surface area (Å²) in [4.78, 5) is 40.9. The molecule has 9 nitrogen and oxygen atoms in total. The molecule has 28 heavy (non-hydrogen) atoms. The van der Waals surface area contributed by atoms with Gasteiger partial charge < -0.3 is 20.4 Å². The molecular formula is C19H23N7O2. The van der Waals surface area contributed by atoms with Gasteiger partial charge in [-0.2, -0.15) is 0 Å². The maximum Gasteiger partial charge on any atom is 0.227 e. The Morgan fingerprint density at radius 1 is 1.11 bits per heavy atom. The molecule has 1 unspecified atom stereocenters. The summed E-state index contributed by atoms with van der Waals surface area (Å²) in [6, 6.07) is 7.53. The van der Waals surface area contributed by atoms with Crippen molar-refractivity contribution in [1.29, 1.82) is 0 Å². The number of anilines is 3. The minimum atomic E-state index is -0.0996. The number of hydrogen-bond donors (Lipinski definition) is 2. The molecule has 0 aromatic carbocycles. The van der Waals surface area contributed by atoms with Crippen LogP contribution in [0.1, 0.15) is 12.8 Å². The molecule has 1 atom stereocenters. The van der Waals surface area contributed by atoms with Gasteiger partial charge in [-0.15, -0.1) is 0 Å². The summed E-state index contributed by atoms with van der Waals surface area (Å²) in [5.41, 5.74) is 0. The fourth-order valence-electron chi connectivity index (χ4n) is 3.51. The van der Waals surface area contributed by atoms with Crippen LogP contribution < -0.4 is 15.5 Å². The lowest BCUT2D eigenvalue weighted by Gasteiger charge is -2.37. The van der Waals surface area contributed by atoms with E-state index >= 15 is 0 Å². The number of amides is 2. The topological polar surface area (TPSA) is 103 Å². The van der Waals surface area contributed by atoms with Gasteiger partial charge in [0.2, 0.25) is 11.8 Å². The third kappa shape index (κ3) is 4.19. The molecule has 2 N–H and O–H groups in total. The Hall–Kier alpha value is -3.23. The third-order valence-electron chi connectivity index (χ3n) is 5.10. The fraction of sp³-hybridized carbons (Fsp3) is 0.421. The first kappa shape index (κ1) is 18.1. The molecule has 0 spiro atoms. The highest BCUT2D eigenvalue weighted by atomic mass is 16.2. The molecule has 2 amide bonds. The van der Waals surface area contributed by atoms with Gasteiger partial charge in [-0.05, 0) is 18.6 Å². The van der Waals surface area contributed by atoms with Crippen molar-refractivity contribution in [3.63, 3.8) is 0 Å². The lowest BCUT2D eigenvalue weighted by atomic mass is 9.97. The van der Waals surface area contributed by atoms with Gasteiger partial charge >= 0.3 is 0 Å². The predicted octanol–water partition coefficient (Wildman–Crippen LogP) is 0.790. The molecule has 2 saturated heterocycles. The van der Waals surface area contributed by atoms with Gasteiger partial charge in [0, 0.05) is 51.4 Å². The molecule has 2 aliphatic heterocycles. The number of nitrogens with zero attached hydrogens (tertiary/aromatic N) is 5. The number of nitrogens with one attached hydrogen (secondary N) is 2. The molecule has 0 bridgehead atoms. The number of carbonyl (C=O) groups is 2. The van der Waals surface area contributed by atoms with Crippen LogP contribution in [-0.2, 0) is 9.59 Å². The molecule has 0 aliphatic carbocycles. The van der Waals surface area contributed by atoms with Crippen LogP contribution >= 0.6 is 0 Å². The molecule has 4 rings (SSSR count). The van der Waals surface area contributed by atoms with Crippen molar-refractivity contribution in [1.82, 2.24) is 25.2 Å². The molecule has 9 heteroatoms. The summed E-state index contributed by atoms with van der Waals surface area (Å²) in [6.07, 6.45) is 4.32. The SMILES string of the molecule is O=C1CCC(C(=O)N2CCN(c3cc(Nc4ccccn4)ncn3)CC2)CN1. The number of hydrogen-bond acceptors (Lipinski definition) is 7.